The van der Waals surface area contributed by atoms with Gasteiger partial charge < -0.3 is 10.1 Å². The molecule has 0 aliphatic rings. The van der Waals surface area contributed by atoms with Crippen molar-refractivity contribution in [1.82, 2.24) is 0 Å². The third kappa shape index (κ3) is 4.51. The first-order chi connectivity index (χ1) is 10.2. The number of nitriles is 1. The van der Waals surface area contributed by atoms with Crippen LogP contribution >= 0.6 is 11.6 Å². The minimum Gasteiger partial charge on any atom is -0.482 e. The maximum Gasteiger partial charge on any atom is 0.262 e. The number of ether oxygens (including phenoxy) is 1. The number of carbonyl (C=O) groups excluding carboxylic acids is 1. The Morgan fingerprint density at radius 2 is 1.90 bits per heavy atom. The number of para-hydroxylation sites is 1. The third-order valence-corrected chi connectivity index (χ3v) is 3.03. The van der Waals surface area contributed by atoms with E-state index in [-0.39, 0.29) is 12.5 Å². The molecule has 0 fully saturated rings. The fourth-order valence-electron chi connectivity index (χ4n) is 1.70. The molecule has 0 heterocycles. The first-order valence-corrected chi connectivity index (χ1v) is 6.70. The molecule has 1 amide bonds. The summed E-state index contributed by atoms with van der Waals surface area (Å²) in [4.78, 5) is 11.8. The van der Waals surface area contributed by atoms with E-state index in [9.17, 15) is 4.79 Å². The Hall–Kier alpha value is -2.51. The lowest BCUT2D eigenvalue weighted by Crippen LogP contribution is -2.20. The summed E-state index contributed by atoms with van der Waals surface area (Å²) in [5.74, 6) is 0.196. The van der Waals surface area contributed by atoms with Gasteiger partial charge in [-0.3, -0.25) is 4.79 Å². The van der Waals surface area contributed by atoms with E-state index < -0.39 is 0 Å². The molecular formula is C16H13ClN2O2. The summed E-state index contributed by atoms with van der Waals surface area (Å²) < 4.78 is 5.35. The number of nitrogens with zero attached hydrogens (tertiary/aromatic N) is 1. The standard InChI is InChI=1S/C16H13ClN2O2/c17-14-3-1-2-4-15(14)21-11-16(20)19-13-7-5-12(6-8-13)9-10-18/h1-8H,9,11H2,(H,19,20). The number of carbonyl (C=O) groups is 1. The average Bonchev–Trinajstić information content (AvgIpc) is 2.49. The molecule has 0 aliphatic carbocycles. The molecule has 1 N–H and O–H groups in total. The molecule has 0 spiro atoms. The van der Waals surface area contributed by atoms with Crippen LogP contribution in [0.15, 0.2) is 48.5 Å². The summed E-state index contributed by atoms with van der Waals surface area (Å²) in [6, 6.07) is 16.1. The summed E-state index contributed by atoms with van der Waals surface area (Å²) >= 11 is 5.93. The van der Waals surface area contributed by atoms with Gasteiger partial charge in [0.1, 0.15) is 5.75 Å². The lowest BCUT2D eigenvalue weighted by Gasteiger charge is -2.08. The monoisotopic (exact) mass is 300 g/mol. The molecule has 5 heteroatoms. The summed E-state index contributed by atoms with van der Waals surface area (Å²) in [5.41, 5.74) is 1.56. The van der Waals surface area contributed by atoms with Gasteiger partial charge >= 0.3 is 0 Å². The highest BCUT2D eigenvalue weighted by atomic mass is 35.5. The molecule has 106 valence electrons. The predicted octanol–water partition coefficient (Wildman–Crippen LogP) is 3.42. The van der Waals surface area contributed by atoms with Gasteiger partial charge in [0.15, 0.2) is 6.61 Å². The number of benzene rings is 2. The summed E-state index contributed by atoms with van der Waals surface area (Å²) in [6.45, 7) is -0.121. The van der Waals surface area contributed by atoms with Crippen LogP contribution in [0, 0.1) is 11.3 Å². The third-order valence-electron chi connectivity index (χ3n) is 2.72. The molecule has 0 bridgehead atoms. The summed E-state index contributed by atoms with van der Waals surface area (Å²) in [6.07, 6.45) is 0.351. The molecule has 2 aromatic rings. The smallest absolute Gasteiger partial charge is 0.262 e. The Morgan fingerprint density at radius 1 is 1.19 bits per heavy atom. The number of hydrogen-bond acceptors (Lipinski definition) is 3. The van der Waals surface area contributed by atoms with Crippen LogP contribution < -0.4 is 10.1 Å². The lowest BCUT2D eigenvalue weighted by molar-refractivity contribution is -0.118. The fraction of sp³-hybridized carbons (Fsp3) is 0.125. The molecule has 0 aromatic heterocycles. The second-order valence-corrected chi connectivity index (χ2v) is 4.71. The molecule has 2 rings (SSSR count). The Morgan fingerprint density at radius 3 is 2.57 bits per heavy atom. The van der Waals surface area contributed by atoms with E-state index >= 15 is 0 Å². The molecule has 0 radical (unpaired) electrons. The van der Waals surface area contributed by atoms with E-state index in [1.807, 2.05) is 0 Å². The Bertz CT molecular complexity index is 663. The normalized spacial score (nSPS) is 9.71. The van der Waals surface area contributed by atoms with Gasteiger partial charge in [0.2, 0.25) is 0 Å². The zero-order chi connectivity index (χ0) is 15.1. The Balaban J connectivity index is 1.87. The van der Waals surface area contributed by atoms with Crippen molar-refractivity contribution in [3.8, 4) is 11.8 Å². The highest BCUT2D eigenvalue weighted by Gasteiger charge is 2.06. The number of amides is 1. The van der Waals surface area contributed by atoms with E-state index in [0.717, 1.165) is 5.56 Å². The quantitative estimate of drug-likeness (QED) is 0.920. The molecule has 0 saturated carbocycles. The van der Waals surface area contributed by atoms with Crippen LogP contribution in [-0.4, -0.2) is 12.5 Å². The molecular weight excluding hydrogens is 288 g/mol. The highest BCUT2D eigenvalue weighted by Crippen LogP contribution is 2.22. The van der Waals surface area contributed by atoms with Crippen molar-refractivity contribution in [3.63, 3.8) is 0 Å². The van der Waals surface area contributed by atoms with Crippen molar-refractivity contribution >= 4 is 23.2 Å². The largest absolute Gasteiger partial charge is 0.482 e. The van der Waals surface area contributed by atoms with Crippen molar-refractivity contribution in [3.05, 3.63) is 59.1 Å². The fourth-order valence-corrected chi connectivity index (χ4v) is 1.89. The topological polar surface area (TPSA) is 62.1 Å². The maximum absolute atomic E-state index is 11.8. The zero-order valence-electron chi connectivity index (χ0n) is 11.2. The second kappa shape index (κ2) is 7.32. The van der Waals surface area contributed by atoms with E-state index in [2.05, 4.69) is 11.4 Å². The van der Waals surface area contributed by atoms with Crippen LogP contribution in [-0.2, 0) is 11.2 Å². The summed E-state index contributed by atoms with van der Waals surface area (Å²) in [7, 11) is 0. The van der Waals surface area contributed by atoms with Crippen LogP contribution in [0.3, 0.4) is 0 Å². The van der Waals surface area contributed by atoms with Gasteiger partial charge in [-0.05, 0) is 29.8 Å². The van der Waals surface area contributed by atoms with Gasteiger partial charge in [0.25, 0.3) is 5.91 Å². The molecule has 4 nitrogen and oxygen atoms in total. The van der Waals surface area contributed by atoms with Crippen molar-refractivity contribution < 1.29 is 9.53 Å². The number of anilines is 1. The van der Waals surface area contributed by atoms with Crippen molar-refractivity contribution in [1.29, 1.82) is 5.26 Å². The van der Waals surface area contributed by atoms with Gasteiger partial charge in [-0.2, -0.15) is 5.26 Å². The zero-order valence-corrected chi connectivity index (χ0v) is 11.9. The number of halogens is 1. The summed E-state index contributed by atoms with van der Waals surface area (Å²) in [5, 5.41) is 11.8. The lowest BCUT2D eigenvalue weighted by atomic mass is 10.1. The van der Waals surface area contributed by atoms with Crippen molar-refractivity contribution in [2.24, 2.45) is 0 Å². The van der Waals surface area contributed by atoms with Crippen LogP contribution in [0.1, 0.15) is 5.56 Å². The molecule has 21 heavy (non-hydrogen) atoms. The predicted molar refractivity (Wildman–Crippen MR) is 81.3 cm³/mol. The maximum atomic E-state index is 11.8. The number of rotatable bonds is 5. The SMILES string of the molecule is N#CCc1ccc(NC(=O)COc2ccccc2Cl)cc1. The van der Waals surface area contributed by atoms with Gasteiger partial charge in [0.05, 0.1) is 17.5 Å². The molecule has 0 saturated heterocycles. The van der Waals surface area contributed by atoms with E-state index in [1.54, 1.807) is 48.5 Å². The molecule has 0 aliphatic heterocycles. The Kier molecular flexibility index (Phi) is 5.19. The van der Waals surface area contributed by atoms with Gasteiger partial charge in [-0.25, -0.2) is 0 Å². The van der Waals surface area contributed by atoms with Crippen molar-refractivity contribution in [2.45, 2.75) is 6.42 Å². The van der Waals surface area contributed by atoms with E-state index in [4.69, 9.17) is 21.6 Å². The number of hydrogen-bond donors (Lipinski definition) is 1. The van der Waals surface area contributed by atoms with Gasteiger partial charge in [-0.15, -0.1) is 0 Å². The van der Waals surface area contributed by atoms with Gasteiger partial charge in [0, 0.05) is 5.69 Å². The molecule has 0 atom stereocenters. The first-order valence-electron chi connectivity index (χ1n) is 6.32. The van der Waals surface area contributed by atoms with E-state index in [1.165, 1.54) is 0 Å². The molecule has 2 aromatic carbocycles. The van der Waals surface area contributed by atoms with E-state index in [0.29, 0.717) is 22.9 Å². The number of nitrogens with one attached hydrogen (secondary N) is 1. The average molecular weight is 301 g/mol. The highest BCUT2D eigenvalue weighted by molar-refractivity contribution is 6.32. The minimum atomic E-state index is -0.275. The Labute approximate surface area is 127 Å². The van der Waals surface area contributed by atoms with Crippen LogP contribution in [0.4, 0.5) is 5.69 Å². The van der Waals surface area contributed by atoms with Crippen LogP contribution in [0.25, 0.3) is 0 Å². The van der Waals surface area contributed by atoms with Crippen LogP contribution in [0.5, 0.6) is 5.75 Å². The molecule has 0 unspecified atom stereocenters. The van der Waals surface area contributed by atoms with Crippen LogP contribution in [0.2, 0.25) is 5.02 Å². The first kappa shape index (κ1) is 14.9. The second-order valence-electron chi connectivity index (χ2n) is 4.30. The minimum absolute atomic E-state index is 0.121. The van der Waals surface area contributed by atoms with Crippen molar-refractivity contribution in [2.75, 3.05) is 11.9 Å². The van der Waals surface area contributed by atoms with Gasteiger partial charge in [-0.1, -0.05) is 35.9 Å².